The number of piperidine rings is 1. The van der Waals surface area contributed by atoms with Crippen molar-refractivity contribution in [3.63, 3.8) is 0 Å². The van der Waals surface area contributed by atoms with Crippen LogP contribution in [0.3, 0.4) is 0 Å². The Morgan fingerprint density at radius 3 is 2.72 bits per heavy atom. The molecule has 2 aromatic rings. The standard InChI is InChI=1S/C20H26N4O/c1-23(2)14-16-8-10-17(11-9-16)20(25)22-18-6-5-13-24(15-18)19-7-3-4-12-21-19/h3-4,7-12,18H,5-6,13-15H2,1-2H3,(H,22,25). The van der Waals surface area contributed by atoms with Crippen LogP contribution in [-0.2, 0) is 6.54 Å². The van der Waals surface area contributed by atoms with Gasteiger partial charge in [0.1, 0.15) is 5.82 Å². The van der Waals surface area contributed by atoms with Crippen molar-refractivity contribution in [2.75, 3.05) is 32.1 Å². The lowest BCUT2D eigenvalue weighted by molar-refractivity contribution is 0.0933. The van der Waals surface area contributed by atoms with Crippen molar-refractivity contribution < 1.29 is 4.79 Å². The number of benzene rings is 1. The van der Waals surface area contributed by atoms with Crippen LogP contribution in [0.1, 0.15) is 28.8 Å². The molecule has 5 nitrogen and oxygen atoms in total. The number of aromatic nitrogens is 1. The molecule has 1 fully saturated rings. The molecule has 1 saturated heterocycles. The van der Waals surface area contributed by atoms with E-state index in [1.807, 2.05) is 62.8 Å². The lowest BCUT2D eigenvalue weighted by Crippen LogP contribution is -2.48. The van der Waals surface area contributed by atoms with Gasteiger partial charge in [-0.25, -0.2) is 4.98 Å². The molecule has 1 amide bonds. The van der Waals surface area contributed by atoms with Crippen molar-refractivity contribution in [3.05, 3.63) is 59.8 Å². The Kier molecular flexibility index (Phi) is 5.66. The number of nitrogens with zero attached hydrogens (tertiary/aromatic N) is 3. The van der Waals surface area contributed by atoms with Gasteiger partial charge in [-0.3, -0.25) is 4.79 Å². The number of carbonyl (C=O) groups excluding carboxylic acids is 1. The van der Waals surface area contributed by atoms with Crippen LogP contribution in [0.15, 0.2) is 48.7 Å². The third-order valence-electron chi connectivity index (χ3n) is 4.44. The summed E-state index contributed by atoms with van der Waals surface area (Å²) in [5, 5.41) is 3.18. The first-order valence-corrected chi connectivity index (χ1v) is 8.82. The number of carbonyl (C=O) groups is 1. The smallest absolute Gasteiger partial charge is 0.251 e. The maximum absolute atomic E-state index is 12.5. The first-order chi connectivity index (χ1) is 12.1. The van der Waals surface area contributed by atoms with E-state index >= 15 is 0 Å². The highest BCUT2D eigenvalue weighted by molar-refractivity contribution is 5.94. The summed E-state index contributed by atoms with van der Waals surface area (Å²) in [6.07, 6.45) is 3.88. The summed E-state index contributed by atoms with van der Waals surface area (Å²) in [5.74, 6) is 0.985. The fraction of sp³-hybridized carbons (Fsp3) is 0.400. The van der Waals surface area contributed by atoms with Gasteiger partial charge in [0.25, 0.3) is 5.91 Å². The first-order valence-electron chi connectivity index (χ1n) is 8.82. The number of pyridine rings is 1. The van der Waals surface area contributed by atoms with Gasteiger partial charge >= 0.3 is 0 Å². The van der Waals surface area contributed by atoms with Gasteiger partial charge in [0.2, 0.25) is 0 Å². The molecule has 5 heteroatoms. The summed E-state index contributed by atoms with van der Waals surface area (Å²) >= 11 is 0. The molecule has 0 bridgehead atoms. The Morgan fingerprint density at radius 2 is 2.04 bits per heavy atom. The monoisotopic (exact) mass is 338 g/mol. The Bertz CT molecular complexity index is 685. The minimum atomic E-state index is 0.00396. The molecule has 1 atom stereocenters. The Balaban J connectivity index is 1.58. The second kappa shape index (κ2) is 8.12. The molecule has 132 valence electrons. The number of amides is 1. The third-order valence-corrected chi connectivity index (χ3v) is 4.44. The van der Waals surface area contributed by atoms with E-state index in [2.05, 4.69) is 20.1 Å². The van der Waals surface area contributed by atoms with E-state index in [1.165, 1.54) is 5.56 Å². The van der Waals surface area contributed by atoms with Crippen LogP contribution in [-0.4, -0.2) is 49.0 Å². The zero-order valence-corrected chi connectivity index (χ0v) is 15.0. The fourth-order valence-electron chi connectivity index (χ4n) is 3.24. The summed E-state index contributed by atoms with van der Waals surface area (Å²) < 4.78 is 0. The SMILES string of the molecule is CN(C)Cc1ccc(C(=O)NC2CCCN(c3ccccn3)C2)cc1. The predicted octanol–water partition coefficient (Wildman–Crippen LogP) is 2.54. The van der Waals surface area contributed by atoms with E-state index in [-0.39, 0.29) is 11.9 Å². The molecule has 1 aromatic heterocycles. The van der Waals surface area contributed by atoms with Gasteiger partial charge in [0.05, 0.1) is 0 Å². The van der Waals surface area contributed by atoms with Crippen molar-refractivity contribution in [2.24, 2.45) is 0 Å². The average molecular weight is 338 g/mol. The van der Waals surface area contributed by atoms with Gasteiger partial charge < -0.3 is 15.1 Å². The molecule has 2 heterocycles. The van der Waals surface area contributed by atoms with Crippen molar-refractivity contribution in [1.29, 1.82) is 0 Å². The van der Waals surface area contributed by atoms with Gasteiger partial charge in [-0.15, -0.1) is 0 Å². The number of hydrogen-bond acceptors (Lipinski definition) is 4. The van der Waals surface area contributed by atoms with E-state index in [0.717, 1.165) is 43.9 Å². The van der Waals surface area contributed by atoms with Crippen LogP contribution in [0.25, 0.3) is 0 Å². The van der Waals surface area contributed by atoms with Crippen LogP contribution < -0.4 is 10.2 Å². The Morgan fingerprint density at radius 1 is 1.24 bits per heavy atom. The van der Waals surface area contributed by atoms with Crippen LogP contribution in [0.2, 0.25) is 0 Å². The Labute approximate surface area is 149 Å². The first kappa shape index (κ1) is 17.4. The summed E-state index contributed by atoms with van der Waals surface area (Å²) in [6, 6.07) is 14.0. The van der Waals surface area contributed by atoms with E-state index in [4.69, 9.17) is 0 Å². The van der Waals surface area contributed by atoms with Gasteiger partial charge in [0.15, 0.2) is 0 Å². The van der Waals surface area contributed by atoms with Crippen molar-refractivity contribution in [1.82, 2.24) is 15.2 Å². The zero-order valence-electron chi connectivity index (χ0n) is 15.0. The maximum atomic E-state index is 12.5. The van der Waals surface area contributed by atoms with E-state index in [1.54, 1.807) is 0 Å². The molecular formula is C20H26N4O. The molecule has 0 spiro atoms. The van der Waals surface area contributed by atoms with E-state index in [9.17, 15) is 4.79 Å². The Hall–Kier alpha value is -2.40. The highest BCUT2D eigenvalue weighted by Gasteiger charge is 2.22. The van der Waals surface area contributed by atoms with Gasteiger partial charge in [-0.2, -0.15) is 0 Å². The number of hydrogen-bond donors (Lipinski definition) is 1. The van der Waals surface area contributed by atoms with Crippen molar-refractivity contribution >= 4 is 11.7 Å². The van der Waals surface area contributed by atoms with Gasteiger partial charge in [0, 0.05) is 37.4 Å². The van der Waals surface area contributed by atoms with E-state index in [0.29, 0.717) is 0 Å². The molecule has 3 rings (SSSR count). The molecule has 1 unspecified atom stereocenters. The van der Waals surface area contributed by atoms with Crippen LogP contribution in [0.4, 0.5) is 5.82 Å². The lowest BCUT2D eigenvalue weighted by atomic mass is 10.0. The lowest BCUT2D eigenvalue weighted by Gasteiger charge is -2.34. The molecular weight excluding hydrogens is 312 g/mol. The average Bonchev–Trinajstić information content (AvgIpc) is 2.63. The van der Waals surface area contributed by atoms with Crippen LogP contribution in [0.5, 0.6) is 0 Å². The fourth-order valence-corrected chi connectivity index (χ4v) is 3.24. The van der Waals surface area contributed by atoms with Crippen molar-refractivity contribution in [3.8, 4) is 0 Å². The quantitative estimate of drug-likeness (QED) is 0.910. The molecule has 25 heavy (non-hydrogen) atoms. The highest BCUT2D eigenvalue weighted by Crippen LogP contribution is 2.17. The molecule has 1 aromatic carbocycles. The van der Waals surface area contributed by atoms with Gasteiger partial charge in [-0.1, -0.05) is 18.2 Å². The summed E-state index contributed by atoms with van der Waals surface area (Å²) in [4.78, 5) is 21.3. The van der Waals surface area contributed by atoms with Crippen LogP contribution in [0, 0.1) is 0 Å². The molecule has 1 N–H and O–H groups in total. The third kappa shape index (κ3) is 4.79. The minimum Gasteiger partial charge on any atom is -0.355 e. The van der Waals surface area contributed by atoms with Crippen LogP contribution >= 0.6 is 0 Å². The van der Waals surface area contributed by atoms with Gasteiger partial charge in [-0.05, 0) is 56.8 Å². The normalized spacial score (nSPS) is 17.6. The second-order valence-corrected chi connectivity index (χ2v) is 6.88. The zero-order chi connectivity index (χ0) is 17.6. The predicted molar refractivity (Wildman–Crippen MR) is 101 cm³/mol. The maximum Gasteiger partial charge on any atom is 0.251 e. The summed E-state index contributed by atoms with van der Waals surface area (Å²) in [6.45, 7) is 2.67. The minimum absolute atomic E-state index is 0.00396. The van der Waals surface area contributed by atoms with E-state index < -0.39 is 0 Å². The molecule has 0 radical (unpaired) electrons. The summed E-state index contributed by atoms with van der Waals surface area (Å²) in [5.41, 5.74) is 1.93. The molecule has 1 aliphatic heterocycles. The summed E-state index contributed by atoms with van der Waals surface area (Å²) in [7, 11) is 4.08. The topological polar surface area (TPSA) is 48.5 Å². The number of nitrogens with one attached hydrogen (secondary N) is 1. The molecule has 1 aliphatic rings. The molecule has 0 aliphatic carbocycles. The second-order valence-electron chi connectivity index (χ2n) is 6.88. The molecule has 0 saturated carbocycles. The number of anilines is 1. The largest absolute Gasteiger partial charge is 0.355 e. The highest BCUT2D eigenvalue weighted by atomic mass is 16.1. The van der Waals surface area contributed by atoms with Crippen molar-refractivity contribution in [2.45, 2.75) is 25.4 Å². The number of rotatable bonds is 5.